The van der Waals surface area contributed by atoms with Crippen molar-refractivity contribution in [1.82, 2.24) is 4.90 Å². The number of halogens is 2. The van der Waals surface area contributed by atoms with E-state index in [1.54, 1.807) is 23.1 Å². The molecule has 0 unspecified atom stereocenters. The molecule has 0 saturated heterocycles. The summed E-state index contributed by atoms with van der Waals surface area (Å²) in [4.78, 5) is 14.8. The molecular formula is C22H19Cl2NO. The van der Waals surface area contributed by atoms with E-state index in [0.717, 1.165) is 11.1 Å². The first-order chi connectivity index (χ1) is 12.6. The Kier molecular flexibility index (Phi) is 5.97. The molecule has 2 nitrogen and oxygen atoms in total. The van der Waals surface area contributed by atoms with Gasteiger partial charge >= 0.3 is 0 Å². The Hall–Kier alpha value is -2.29. The lowest BCUT2D eigenvalue weighted by atomic mass is 9.97. The molecule has 0 atom stereocenters. The van der Waals surface area contributed by atoms with E-state index >= 15 is 0 Å². The first kappa shape index (κ1) is 18.5. The summed E-state index contributed by atoms with van der Waals surface area (Å²) >= 11 is 12.5. The lowest BCUT2D eigenvalue weighted by Gasteiger charge is -2.29. The number of hydrogen-bond acceptors (Lipinski definition) is 1. The van der Waals surface area contributed by atoms with E-state index in [1.807, 2.05) is 67.7 Å². The van der Waals surface area contributed by atoms with Gasteiger partial charge in [0.05, 0.1) is 12.5 Å². The van der Waals surface area contributed by atoms with Gasteiger partial charge in [0.1, 0.15) is 0 Å². The van der Waals surface area contributed by atoms with Gasteiger partial charge in [0.25, 0.3) is 0 Å². The minimum atomic E-state index is -0.175. The van der Waals surface area contributed by atoms with Crippen LogP contribution in [-0.2, 0) is 11.2 Å². The van der Waals surface area contributed by atoms with E-state index in [2.05, 4.69) is 0 Å². The van der Waals surface area contributed by atoms with Gasteiger partial charge in [-0.05, 0) is 28.8 Å². The van der Waals surface area contributed by atoms with Crippen molar-refractivity contribution in [2.45, 2.75) is 12.5 Å². The topological polar surface area (TPSA) is 20.3 Å². The predicted molar refractivity (Wildman–Crippen MR) is 108 cm³/mol. The van der Waals surface area contributed by atoms with E-state index < -0.39 is 0 Å². The second-order valence-electron chi connectivity index (χ2n) is 6.11. The Morgan fingerprint density at radius 2 is 1.27 bits per heavy atom. The molecule has 26 heavy (non-hydrogen) atoms. The Bertz CT molecular complexity index is 821. The summed E-state index contributed by atoms with van der Waals surface area (Å²) in [6.45, 7) is 0. The number of carbonyl (C=O) groups excluding carboxylic acids is 1. The highest BCUT2D eigenvalue weighted by Gasteiger charge is 2.24. The Morgan fingerprint density at radius 1 is 0.808 bits per heavy atom. The van der Waals surface area contributed by atoms with Gasteiger partial charge in [0.2, 0.25) is 5.91 Å². The average Bonchev–Trinajstić information content (AvgIpc) is 2.66. The van der Waals surface area contributed by atoms with Gasteiger partial charge in [-0.1, -0.05) is 89.9 Å². The van der Waals surface area contributed by atoms with Crippen molar-refractivity contribution in [3.63, 3.8) is 0 Å². The van der Waals surface area contributed by atoms with Crippen LogP contribution >= 0.6 is 23.2 Å². The number of amides is 1. The van der Waals surface area contributed by atoms with Gasteiger partial charge in [-0.3, -0.25) is 4.79 Å². The van der Waals surface area contributed by atoms with Crippen LogP contribution in [0.15, 0.2) is 78.9 Å². The van der Waals surface area contributed by atoms with Crippen LogP contribution in [0.4, 0.5) is 0 Å². The fourth-order valence-electron chi connectivity index (χ4n) is 3.03. The molecule has 0 aliphatic rings. The molecule has 0 spiro atoms. The molecule has 132 valence electrons. The maximum absolute atomic E-state index is 13.0. The molecule has 0 aromatic heterocycles. The summed E-state index contributed by atoms with van der Waals surface area (Å²) in [5.74, 6) is -0.0438. The molecule has 4 heteroatoms. The van der Waals surface area contributed by atoms with Crippen molar-refractivity contribution in [1.29, 1.82) is 0 Å². The molecule has 0 N–H and O–H groups in total. The zero-order valence-electron chi connectivity index (χ0n) is 14.4. The fourth-order valence-corrected chi connectivity index (χ4v) is 3.56. The van der Waals surface area contributed by atoms with Crippen molar-refractivity contribution in [3.05, 3.63) is 106 Å². The Labute approximate surface area is 164 Å². The third-order valence-electron chi connectivity index (χ3n) is 4.40. The molecule has 0 heterocycles. The molecule has 3 aromatic rings. The molecule has 0 fully saturated rings. The maximum Gasteiger partial charge on any atom is 0.227 e. The van der Waals surface area contributed by atoms with Crippen molar-refractivity contribution in [2.75, 3.05) is 7.05 Å². The van der Waals surface area contributed by atoms with Crippen LogP contribution in [0, 0.1) is 0 Å². The average molecular weight is 384 g/mol. The van der Waals surface area contributed by atoms with E-state index in [9.17, 15) is 4.79 Å². The van der Waals surface area contributed by atoms with Crippen molar-refractivity contribution in [3.8, 4) is 0 Å². The summed E-state index contributed by atoms with van der Waals surface area (Å²) in [6.07, 6.45) is 0.158. The van der Waals surface area contributed by atoms with Gasteiger partial charge in [-0.25, -0.2) is 0 Å². The minimum Gasteiger partial charge on any atom is -0.334 e. The first-order valence-electron chi connectivity index (χ1n) is 8.36. The summed E-state index contributed by atoms with van der Waals surface area (Å²) in [5, 5.41) is 1.02. The normalized spacial score (nSPS) is 10.8. The molecule has 0 aliphatic heterocycles. The Balaban J connectivity index is 1.93. The summed E-state index contributed by atoms with van der Waals surface area (Å²) in [5.41, 5.74) is 2.77. The minimum absolute atomic E-state index is 0.0438. The van der Waals surface area contributed by atoms with E-state index in [4.69, 9.17) is 23.2 Å². The lowest BCUT2D eigenvalue weighted by molar-refractivity contribution is -0.130. The second-order valence-corrected chi connectivity index (χ2v) is 6.92. The molecule has 0 bridgehead atoms. The number of likely N-dealkylation sites (N-methyl/N-ethyl adjacent to an activating group) is 1. The molecule has 3 rings (SSSR count). The lowest BCUT2D eigenvalue weighted by Crippen LogP contribution is -2.33. The van der Waals surface area contributed by atoms with Crippen LogP contribution in [0.2, 0.25) is 10.0 Å². The van der Waals surface area contributed by atoms with E-state index in [0.29, 0.717) is 15.6 Å². The van der Waals surface area contributed by atoms with E-state index in [1.165, 1.54) is 0 Å². The molecular weight excluding hydrogens is 365 g/mol. The molecule has 0 saturated carbocycles. The molecule has 0 radical (unpaired) electrons. The second kappa shape index (κ2) is 8.39. The number of carbonyl (C=O) groups is 1. The number of hydrogen-bond donors (Lipinski definition) is 0. The van der Waals surface area contributed by atoms with Gasteiger partial charge in [0, 0.05) is 17.1 Å². The van der Waals surface area contributed by atoms with Gasteiger partial charge in [0.15, 0.2) is 0 Å². The van der Waals surface area contributed by atoms with Crippen LogP contribution < -0.4 is 0 Å². The van der Waals surface area contributed by atoms with Crippen molar-refractivity contribution >= 4 is 29.1 Å². The van der Waals surface area contributed by atoms with E-state index in [-0.39, 0.29) is 18.4 Å². The van der Waals surface area contributed by atoms with Crippen LogP contribution in [0.5, 0.6) is 0 Å². The summed E-state index contributed by atoms with van der Waals surface area (Å²) < 4.78 is 0. The predicted octanol–water partition coefficient (Wildman–Crippen LogP) is 5.78. The zero-order chi connectivity index (χ0) is 18.5. The summed E-state index contributed by atoms with van der Waals surface area (Å²) in [6, 6.07) is 25.1. The van der Waals surface area contributed by atoms with Crippen LogP contribution in [0.1, 0.15) is 22.7 Å². The molecule has 3 aromatic carbocycles. The third-order valence-corrected chi connectivity index (χ3v) is 5.11. The highest BCUT2D eigenvalue weighted by Crippen LogP contribution is 2.30. The maximum atomic E-state index is 13.0. The molecule has 1 amide bonds. The monoisotopic (exact) mass is 383 g/mol. The number of benzene rings is 3. The van der Waals surface area contributed by atoms with Crippen LogP contribution in [0.3, 0.4) is 0 Å². The quantitative estimate of drug-likeness (QED) is 0.546. The number of nitrogens with zero attached hydrogens (tertiary/aromatic N) is 1. The molecule has 0 aliphatic carbocycles. The largest absolute Gasteiger partial charge is 0.334 e. The van der Waals surface area contributed by atoms with Crippen LogP contribution in [-0.4, -0.2) is 17.9 Å². The number of rotatable bonds is 5. The third kappa shape index (κ3) is 4.09. The highest BCUT2D eigenvalue weighted by molar-refractivity contribution is 6.36. The van der Waals surface area contributed by atoms with Crippen molar-refractivity contribution in [2.24, 2.45) is 0 Å². The van der Waals surface area contributed by atoms with Crippen molar-refractivity contribution < 1.29 is 4.79 Å². The van der Waals surface area contributed by atoms with Gasteiger partial charge < -0.3 is 4.90 Å². The fraction of sp³-hybridized carbons (Fsp3) is 0.136. The summed E-state index contributed by atoms with van der Waals surface area (Å²) in [7, 11) is 1.82. The standard InChI is InChI=1S/C22H19Cl2NO/c1-25(21(26)15-18-19(23)13-8-14-20(18)24)22(16-9-4-2-5-10-16)17-11-6-3-7-12-17/h2-14,22H,15H2,1H3. The van der Waals surface area contributed by atoms with Crippen LogP contribution in [0.25, 0.3) is 0 Å². The SMILES string of the molecule is CN(C(=O)Cc1c(Cl)cccc1Cl)C(c1ccccc1)c1ccccc1. The van der Waals surface area contributed by atoms with Gasteiger partial charge in [-0.15, -0.1) is 0 Å². The Morgan fingerprint density at radius 3 is 1.73 bits per heavy atom. The highest BCUT2D eigenvalue weighted by atomic mass is 35.5. The van der Waals surface area contributed by atoms with Gasteiger partial charge in [-0.2, -0.15) is 0 Å². The smallest absolute Gasteiger partial charge is 0.227 e. The first-order valence-corrected chi connectivity index (χ1v) is 9.12. The zero-order valence-corrected chi connectivity index (χ0v) is 15.9.